The second-order valence-corrected chi connectivity index (χ2v) is 6.38. The van der Waals surface area contributed by atoms with Crippen LogP contribution in [0.25, 0.3) is 0 Å². The monoisotopic (exact) mass is 160 g/mol. The van der Waals surface area contributed by atoms with Crippen molar-refractivity contribution < 1.29 is 4.74 Å². The number of hydrogen-bond donors (Lipinski definition) is 0. The quantitative estimate of drug-likeness (QED) is 0.534. The molecule has 0 radical (unpaired) electrons. The third-order valence-electron chi connectivity index (χ3n) is 1.96. The molecule has 1 aliphatic rings. The van der Waals surface area contributed by atoms with Crippen molar-refractivity contribution in [2.75, 3.05) is 6.61 Å². The molecule has 1 atom stereocenters. The summed E-state index contributed by atoms with van der Waals surface area (Å²) in [5, 5.41) is 0. The standard InChI is InChI=1S/C7H16OSi.CH4/c1-9(2)7-5-3-4-6-8-7;/h7,9H,3-6H2,1-2H3;1H4. The summed E-state index contributed by atoms with van der Waals surface area (Å²) in [5.74, 6) is 0. The van der Waals surface area contributed by atoms with Crippen LogP contribution in [0.15, 0.2) is 0 Å². The number of rotatable bonds is 1. The van der Waals surface area contributed by atoms with Crippen LogP contribution in [0.3, 0.4) is 0 Å². The lowest BCUT2D eigenvalue weighted by Crippen LogP contribution is -2.31. The summed E-state index contributed by atoms with van der Waals surface area (Å²) in [6.07, 6.45) is 4.03. The first-order valence-corrected chi connectivity index (χ1v) is 6.90. The van der Waals surface area contributed by atoms with Crippen LogP contribution >= 0.6 is 0 Å². The second-order valence-electron chi connectivity index (χ2n) is 3.15. The van der Waals surface area contributed by atoms with Crippen molar-refractivity contribution in [1.29, 1.82) is 0 Å². The third kappa shape index (κ3) is 2.84. The van der Waals surface area contributed by atoms with Crippen LogP contribution in [0.2, 0.25) is 13.1 Å². The van der Waals surface area contributed by atoms with Crippen molar-refractivity contribution in [3.8, 4) is 0 Å². The molecule has 1 nitrogen and oxygen atoms in total. The first-order chi connectivity index (χ1) is 4.30. The Kier molecular flexibility index (Phi) is 5.00. The molecule has 0 amide bonds. The summed E-state index contributed by atoms with van der Waals surface area (Å²) in [6.45, 7) is 5.77. The van der Waals surface area contributed by atoms with Gasteiger partial charge >= 0.3 is 0 Å². The van der Waals surface area contributed by atoms with Gasteiger partial charge < -0.3 is 4.74 Å². The lowest BCUT2D eigenvalue weighted by Gasteiger charge is -2.24. The molecule has 1 rings (SSSR count). The molecule has 1 unspecified atom stereocenters. The highest BCUT2D eigenvalue weighted by atomic mass is 28.3. The first-order valence-electron chi connectivity index (χ1n) is 3.92. The fourth-order valence-corrected chi connectivity index (χ4v) is 2.71. The molecular weight excluding hydrogens is 140 g/mol. The first kappa shape index (κ1) is 10.2. The zero-order chi connectivity index (χ0) is 6.69. The van der Waals surface area contributed by atoms with Crippen LogP contribution in [-0.4, -0.2) is 21.1 Å². The van der Waals surface area contributed by atoms with E-state index in [0.29, 0.717) is 5.73 Å². The zero-order valence-corrected chi connectivity index (χ0v) is 7.55. The molecule has 0 aliphatic carbocycles. The molecule has 0 aromatic heterocycles. The molecule has 1 fully saturated rings. The predicted molar refractivity (Wildman–Crippen MR) is 49.2 cm³/mol. The van der Waals surface area contributed by atoms with Crippen molar-refractivity contribution in [3.05, 3.63) is 0 Å². The molecule has 0 N–H and O–H groups in total. The largest absolute Gasteiger partial charge is 0.382 e. The molecule has 1 saturated heterocycles. The highest BCUT2D eigenvalue weighted by Crippen LogP contribution is 2.14. The van der Waals surface area contributed by atoms with E-state index in [1.165, 1.54) is 19.3 Å². The van der Waals surface area contributed by atoms with Crippen LogP contribution in [0.5, 0.6) is 0 Å². The Morgan fingerprint density at radius 3 is 2.30 bits per heavy atom. The minimum Gasteiger partial charge on any atom is -0.382 e. The Labute approximate surface area is 66.4 Å². The van der Waals surface area contributed by atoms with E-state index in [9.17, 15) is 0 Å². The van der Waals surface area contributed by atoms with Gasteiger partial charge in [-0.25, -0.2) is 0 Å². The lowest BCUT2D eigenvalue weighted by molar-refractivity contribution is 0.0631. The van der Waals surface area contributed by atoms with Gasteiger partial charge in [-0.3, -0.25) is 0 Å². The van der Waals surface area contributed by atoms with E-state index in [2.05, 4.69) is 13.1 Å². The predicted octanol–water partition coefficient (Wildman–Crippen LogP) is 2.22. The molecule has 1 heterocycles. The SMILES string of the molecule is C.C[SiH](C)C1CCCCO1. The summed E-state index contributed by atoms with van der Waals surface area (Å²) in [6, 6.07) is 0. The molecule has 0 bridgehead atoms. The second kappa shape index (κ2) is 4.91. The molecule has 0 aromatic rings. The molecule has 0 saturated carbocycles. The molecule has 0 spiro atoms. The maximum absolute atomic E-state index is 5.60. The van der Waals surface area contributed by atoms with Gasteiger partial charge in [-0.05, 0) is 19.3 Å². The topological polar surface area (TPSA) is 9.23 Å². The Balaban J connectivity index is 0.000000810. The number of hydrogen-bond acceptors (Lipinski definition) is 1. The van der Waals surface area contributed by atoms with Gasteiger partial charge in [0.1, 0.15) is 0 Å². The molecule has 2 heteroatoms. The molecular formula is C8H20OSi. The Morgan fingerprint density at radius 2 is 2.00 bits per heavy atom. The van der Waals surface area contributed by atoms with Gasteiger partial charge in [0.15, 0.2) is 0 Å². The summed E-state index contributed by atoms with van der Waals surface area (Å²) in [7, 11) is -0.474. The zero-order valence-electron chi connectivity index (χ0n) is 6.39. The maximum Gasteiger partial charge on any atom is 0.0656 e. The smallest absolute Gasteiger partial charge is 0.0656 e. The lowest BCUT2D eigenvalue weighted by atomic mass is 10.2. The van der Waals surface area contributed by atoms with Gasteiger partial charge in [-0.15, -0.1) is 0 Å². The van der Waals surface area contributed by atoms with E-state index in [-0.39, 0.29) is 7.43 Å². The van der Waals surface area contributed by atoms with Gasteiger partial charge in [0.25, 0.3) is 0 Å². The Bertz CT molecular complexity index is 77.3. The average molecular weight is 160 g/mol. The molecule has 62 valence electrons. The van der Waals surface area contributed by atoms with Gasteiger partial charge in [-0.1, -0.05) is 20.5 Å². The van der Waals surface area contributed by atoms with E-state index < -0.39 is 8.80 Å². The van der Waals surface area contributed by atoms with E-state index in [1.54, 1.807) is 0 Å². The van der Waals surface area contributed by atoms with Gasteiger partial charge in [0.2, 0.25) is 0 Å². The molecule has 1 aliphatic heterocycles. The van der Waals surface area contributed by atoms with Crippen LogP contribution in [-0.2, 0) is 4.74 Å². The Morgan fingerprint density at radius 1 is 1.30 bits per heavy atom. The number of ether oxygens (including phenoxy) is 1. The molecule has 0 aromatic carbocycles. The van der Waals surface area contributed by atoms with E-state index in [0.717, 1.165) is 6.61 Å². The summed E-state index contributed by atoms with van der Waals surface area (Å²) in [4.78, 5) is 0. The minimum atomic E-state index is -0.474. The third-order valence-corrected chi connectivity index (χ3v) is 3.97. The van der Waals surface area contributed by atoms with Crippen LogP contribution in [0.1, 0.15) is 26.7 Å². The van der Waals surface area contributed by atoms with Crippen molar-refractivity contribution in [1.82, 2.24) is 0 Å². The van der Waals surface area contributed by atoms with Gasteiger partial charge in [0.05, 0.1) is 8.80 Å². The van der Waals surface area contributed by atoms with Crippen molar-refractivity contribution >= 4 is 8.80 Å². The van der Waals surface area contributed by atoms with Gasteiger partial charge in [0, 0.05) is 12.3 Å². The van der Waals surface area contributed by atoms with Gasteiger partial charge in [-0.2, -0.15) is 0 Å². The summed E-state index contributed by atoms with van der Waals surface area (Å²) in [5.41, 5.74) is 0.693. The highest BCUT2D eigenvalue weighted by molar-refractivity contribution is 6.57. The average Bonchev–Trinajstić information content (AvgIpc) is 1.90. The van der Waals surface area contributed by atoms with Crippen molar-refractivity contribution in [2.45, 2.75) is 45.5 Å². The van der Waals surface area contributed by atoms with E-state index in [4.69, 9.17) is 4.74 Å². The van der Waals surface area contributed by atoms with Crippen molar-refractivity contribution in [3.63, 3.8) is 0 Å². The van der Waals surface area contributed by atoms with Crippen LogP contribution in [0, 0.1) is 0 Å². The highest BCUT2D eigenvalue weighted by Gasteiger charge is 2.17. The minimum absolute atomic E-state index is 0. The summed E-state index contributed by atoms with van der Waals surface area (Å²) >= 11 is 0. The van der Waals surface area contributed by atoms with Crippen LogP contribution in [0.4, 0.5) is 0 Å². The summed E-state index contributed by atoms with van der Waals surface area (Å²) < 4.78 is 5.60. The molecule has 10 heavy (non-hydrogen) atoms. The maximum atomic E-state index is 5.60. The van der Waals surface area contributed by atoms with E-state index in [1.807, 2.05) is 0 Å². The Hall–Kier alpha value is 0.177. The fourth-order valence-electron chi connectivity index (χ4n) is 1.29. The normalized spacial score (nSPS) is 26.1. The fraction of sp³-hybridized carbons (Fsp3) is 1.00. The van der Waals surface area contributed by atoms with E-state index >= 15 is 0 Å². The van der Waals surface area contributed by atoms with Crippen molar-refractivity contribution in [2.24, 2.45) is 0 Å². The van der Waals surface area contributed by atoms with Crippen LogP contribution < -0.4 is 0 Å².